The molecule has 1 fully saturated rings. The Morgan fingerprint density at radius 2 is 2.14 bits per heavy atom. The molecule has 0 spiro atoms. The van der Waals surface area contributed by atoms with E-state index >= 15 is 0 Å². The molecule has 0 aromatic carbocycles. The van der Waals surface area contributed by atoms with Crippen LogP contribution in [0, 0.1) is 0 Å². The van der Waals surface area contributed by atoms with Crippen molar-refractivity contribution in [2.75, 3.05) is 0 Å². The smallest absolute Gasteiger partial charge is 0.0279 e. The summed E-state index contributed by atoms with van der Waals surface area (Å²) >= 11 is 0. The van der Waals surface area contributed by atoms with Crippen LogP contribution in [0.2, 0.25) is 0 Å². The highest BCUT2D eigenvalue weighted by Gasteiger charge is 2.35. The Bertz CT molecular complexity index is 78.1. The zero-order valence-electron chi connectivity index (χ0n) is 4.65. The standard InChI is InChI=1S/C5H12N2/c1-5(7)3-2-4(5)6/h4H,2-3,6-7H2,1H3/t4-,5-/m1/s1. The van der Waals surface area contributed by atoms with Crippen LogP contribution in [0.1, 0.15) is 19.8 Å². The van der Waals surface area contributed by atoms with Crippen molar-refractivity contribution in [1.82, 2.24) is 0 Å². The Morgan fingerprint density at radius 3 is 2.14 bits per heavy atom. The second-order valence-corrected chi connectivity index (χ2v) is 2.65. The molecule has 2 nitrogen and oxygen atoms in total. The van der Waals surface area contributed by atoms with Gasteiger partial charge in [-0.2, -0.15) is 0 Å². The Balaban J connectivity index is 2.43. The van der Waals surface area contributed by atoms with Gasteiger partial charge in [-0.05, 0) is 19.8 Å². The van der Waals surface area contributed by atoms with Crippen molar-refractivity contribution in [3.05, 3.63) is 0 Å². The van der Waals surface area contributed by atoms with Crippen molar-refractivity contribution in [1.29, 1.82) is 0 Å². The fraction of sp³-hybridized carbons (Fsp3) is 1.00. The highest BCUT2D eigenvalue weighted by atomic mass is 14.9. The second kappa shape index (κ2) is 1.20. The highest BCUT2D eigenvalue weighted by molar-refractivity contribution is 4.99. The number of hydrogen-bond donors (Lipinski definition) is 2. The van der Waals surface area contributed by atoms with Gasteiger partial charge in [-0.15, -0.1) is 0 Å². The molecule has 1 aliphatic rings. The van der Waals surface area contributed by atoms with E-state index in [1.807, 2.05) is 6.92 Å². The van der Waals surface area contributed by atoms with E-state index in [2.05, 4.69) is 0 Å². The Morgan fingerprint density at radius 1 is 1.71 bits per heavy atom. The first kappa shape index (κ1) is 5.06. The molecule has 1 rings (SSSR count). The maximum Gasteiger partial charge on any atom is 0.0279 e. The lowest BCUT2D eigenvalue weighted by atomic mass is 9.75. The summed E-state index contributed by atoms with van der Waals surface area (Å²) in [5.41, 5.74) is 11.1. The van der Waals surface area contributed by atoms with Crippen LogP contribution in [0.3, 0.4) is 0 Å². The third-order valence-corrected chi connectivity index (χ3v) is 1.84. The van der Waals surface area contributed by atoms with E-state index in [-0.39, 0.29) is 11.6 Å². The van der Waals surface area contributed by atoms with Crippen LogP contribution in [-0.4, -0.2) is 11.6 Å². The quantitative estimate of drug-likeness (QED) is 0.444. The topological polar surface area (TPSA) is 52.0 Å². The summed E-state index contributed by atoms with van der Waals surface area (Å²) in [7, 11) is 0. The maximum atomic E-state index is 5.64. The summed E-state index contributed by atoms with van der Waals surface area (Å²) in [5.74, 6) is 0. The van der Waals surface area contributed by atoms with Crippen LogP contribution < -0.4 is 11.5 Å². The summed E-state index contributed by atoms with van der Waals surface area (Å²) in [6, 6.07) is 0.257. The lowest BCUT2D eigenvalue weighted by Crippen LogP contribution is -2.60. The van der Waals surface area contributed by atoms with Crippen molar-refractivity contribution < 1.29 is 0 Å². The van der Waals surface area contributed by atoms with Crippen LogP contribution in [0.15, 0.2) is 0 Å². The molecule has 0 bridgehead atoms. The van der Waals surface area contributed by atoms with E-state index in [1.54, 1.807) is 0 Å². The first-order valence-corrected chi connectivity index (χ1v) is 2.67. The van der Waals surface area contributed by atoms with E-state index < -0.39 is 0 Å². The Kier molecular flexibility index (Phi) is 0.869. The molecule has 0 heterocycles. The van der Waals surface area contributed by atoms with Gasteiger partial charge in [-0.25, -0.2) is 0 Å². The summed E-state index contributed by atoms with van der Waals surface area (Å²) in [5, 5.41) is 0. The van der Waals surface area contributed by atoms with E-state index in [1.165, 1.54) is 0 Å². The van der Waals surface area contributed by atoms with Crippen LogP contribution in [-0.2, 0) is 0 Å². The average molecular weight is 100 g/mol. The zero-order chi connectivity index (χ0) is 5.49. The largest absolute Gasteiger partial charge is 0.326 e. The number of nitrogens with two attached hydrogens (primary N) is 2. The fourth-order valence-electron chi connectivity index (χ4n) is 0.766. The molecule has 0 aliphatic heterocycles. The first-order chi connectivity index (χ1) is 3.13. The minimum atomic E-state index is -0.0417. The van der Waals surface area contributed by atoms with Gasteiger partial charge in [0.1, 0.15) is 0 Å². The third kappa shape index (κ3) is 0.640. The molecule has 2 heteroatoms. The molecule has 0 aromatic rings. The van der Waals surface area contributed by atoms with Crippen molar-refractivity contribution in [2.24, 2.45) is 11.5 Å². The summed E-state index contributed by atoms with van der Waals surface area (Å²) in [4.78, 5) is 0. The van der Waals surface area contributed by atoms with Crippen molar-refractivity contribution in [2.45, 2.75) is 31.3 Å². The minimum absolute atomic E-state index is 0.0417. The Hall–Kier alpha value is -0.0800. The number of rotatable bonds is 0. The van der Waals surface area contributed by atoms with Crippen LogP contribution in [0.5, 0.6) is 0 Å². The Labute approximate surface area is 43.9 Å². The molecule has 0 unspecified atom stereocenters. The van der Waals surface area contributed by atoms with E-state index in [0.717, 1.165) is 12.8 Å². The first-order valence-electron chi connectivity index (χ1n) is 2.67. The van der Waals surface area contributed by atoms with E-state index in [9.17, 15) is 0 Å². The van der Waals surface area contributed by atoms with Crippen LogP contribution in [0.4, 0.5) is 0 Å². The molecule has 2 atom stereocenters. The summed E-state index contributed by atoms with van der Waals surface area (Å²) in [6.45, 7) is 2.00. The van der Waals surface area contributed by atoms with Gasteiger partial charge >= 0.3 is 0 Å². The molecule has 0 aromatic heterocycles. The normalized spacial score (nSPS) is 51.0. The van der Waals surface area contributed by atoms with Crippen LogP contribution in [0.25, 0.3) is 0 Å². The van der Waals surface area contributed by atoms with Crippen molar-refractivity contribution in [3.63, 3.8) is 0 Å². The lowest BCUT2D eigenvalue weighted by Gasteiger charge is -2.41. The van der Waals surface area contributed by atoms with Gasteiger partial charge in [0.2, 0.25) is 0 Å². The third-order valence-electron chi connectivity index (χ3n) is 1.84. The van der Waals surface area contributed by atoms with Gasteiger partial charge in [0.15, 0.2) is 0 Å². The molecular weight excluding hydrogens is 88.1 g/mol. The molecule has 7 heavy (non-hydrogen) atoms. The van der Waals surface area contributed by atoms with Gasteiger partial charge in [-0.3, -0.25) is 0 Å². The molecule has 0 amide bonds. The molecule has 4 N–H and O–H groups in total. The van der Waals surface area contributed by atoms with E-state index in [4.69, 9.17) is 11.5 Å². The van der Waals surface area contributed by atoms with Gasteiger partial charge in [0.05, 0.1) is 0 Å². The molecular formula is C5H12N2. The van der Waals surface area contributed by atoms with Gasteiger partial charge in [0.25, 0.3) is 0 Å². The van der Waals surface area contributed by atoms with Crippen molar-refractivity contribution in [3.8, 4) is 0 Å². The average Bonchev–Trinajstić information content (AvgIpc) is 1.63. The highest BCUT2D eigenvalue weighted by Crippen LogP contribution is 2.26. The van der Waals surface area contributed by atoms with Gasteiger partial charge < -0.3 is 11.5 Å². The molecule has 1 saturated carbocycles. The van der Waals surface area contributed by atoms with Crippen LogP contribution >= 0.6 is 0 Å². The molecule has 42 valence electrons. The number of hydrogen-bond acceptors (Lipinski definition) is 2. The molecule has 1 aliphatic carbocycles. The predicted molar refractivity (Wildman–Crippen MR) is 29.8 cm³/mol. The fourth-order valence-corrected chi connectivity index (χ4v) is 0.766. The SMILES string of the molecule is C[C@@]1(N)CC[C@H]1N. The summed E-state index contributed by atoms with van der Waals surface area (Å²) in [6.07, 6.45) is 2.20. The zero-order valence-corrected chi connectivity index (χ0v) is 4.65. The van der Waals surface area contributed by atoms with Gasteiger partial charge in [0, 0.05) is 11.6 Å². The monoisotopic (exact) mass is 100 g/mol. The van der Waals surface area contributed by atoms with Crippen molar-refractivity contribution >= 4 is 0 Å². The van der Waals surface area contributed by atoms with Gasteiger partial charge in [-0.1, -0.05) is 0 Å². The second-order valence-electron chi connectivity index (χ2n) is 2.65. The summed E-state index contributed by atoms with van der Waals surface area (Å²) < 4.78 is 0. The predicted octanol–water partition coefficient (Wildman–Crippen LogP) is -0.175. The van der Waals surface area contributed by atoms with E-state index in [0.29, 0.717) is 0 Å². The molecule has 0 radical (unpaired) electrons. The minimum Gasteiger partial charge on any atom is -0.326 e. The maximum absolute atomic E-state index is 5.64. The lowest BCUT2D eigenvalue weighted by molar-refractivity contribution is 0.223. The molecule has 0 saturated heterocycles.